The second kappa shape index (κ2) is 15.1. The second-order valence-corrected chi connectivity index (χ2v) is 18.8. The maximum Gasteiger partial charge on any atom is 0.340 e. The number of hydrogen-bond donors (Lipinski definition) is 0. The van der Waals surface area contributed by atoms with E-state index >= 15 is 0 Å². The molecule has 2 atom stereocenters. The van der Waals surface area contributed by atoms with Gasteiger partial charge in [0.25, 0.3) is 0 Å². The van der Waals surface area contributed by atoms with Crippen molar-refractivity contribution in [3.63, 3.8) is 0 Å². The highest BCUT2D eigenvalue weighted by Crippen LogP contribution is 2.44. The normalized spacial score (nSPS) is 15.5. The van der Waals surface area contributed by atoms with Crippen molar-refractivity contribution >= 4 is 35.8 Å². The highest BCUT2D eigenvalue weighted by Gasteiger charge is 2.43. The van der Waals surface area contributed by atoms with Crippen LogP contribution in [0.25, 0.3) is 10.2 Å². The molecule has 1 fully saturated rings. The number of carbonyl (C=O) groups is 1. The van der Waals surface area contributed by atoms with Gasteiger partial charge in [-0.2, -0.15) is 5.26 Å². The maximum atomic E-state index is 12.7. The summed E-state index contributed by atoms with van der Waals surface area (Å²) in [5.74, 6) is 0.578. The zero-order valence-electron chi connectivity index (χ0n) is 28.0. The van der Waals surface area contributed by atoms with Crippen molar-refractivity contribution in [1.82, 2.24) is 4.98 Å². The van der Waals surface area contributed by atoms with E-state index in [1.54, 1.807) is 24.3 Å². The molecular formula is C35H48N2O6SSi. The van der Waals surface area contributed by atoms with Crippen LogP contribution in [0.3, 0.4) is 0 Å². The lowest BCUT2D eigenvalue weighted by molar-refractivity contribution is -0.0705. The Balaban J connectivity index is 1.86. The van der Waals surface area contributed by atoms with Crippen LogP contribution >= 0.6 is 11.3 Å². The summed E-state index contributed by atoms with van der Waals surface area (Å²) in [7, 11) is -2.35. The predicted octanol–water partition coefficient (Wildman–Crippen LogP) is 8.78. The summed E-state index contributed by atoms with van der Waals surface area (Å²) < 4.78 is 32.5. The summed E-state index contributed by atoms with van der Waals surface area (Å²) in [5.41, 5.74) is 2.34. The molecule has 0 unspecified atom stereocenters. The Labute approximate surface area is 273 Å². The fraction of sp³-hybridized carbons (Fsp3) is 0.571. The first kappa shape index (κ1) is 34.9. The van der Waals surface area contributed by atoms with Crippen LogP contribution in [-0.2, 0) is 20.3 Å². The number of hydrogen-bond acceptors (Lipinski definition) is 9. The van der Waals surface area contributed by atoms with Gasteiger partial charge in [0.05, 0.1) is 58.9 Å². The topological polar surface area (TPSA) is 99.9 Å². The molecule has 0 saturated heterocycles. The first-order valence-corrected chi connectivity index (χ1v) is 19.9. The quantitative estimate of drug-likeness (QED) is 0.126. The molecule has 244 valence electrons. The van der Waals surface area contributed by atoms with Crippen LogP contribution in [0.2, 0.25) is 18.1 Å². The van der Waals surface area contributed by atoms with Gasteiger partial charge in [0.1, 0.15) is 23.1 Å². The van der Waals surface area contributed by atoms with Gasteiger partial charge in [-0.05, 0) is 81.6 Å². The Bertz CT molecular complexity index is 1480. The van der Waals surface area contributed by atoms with Gasteiger partial charge in [-0.3, -0.25) is 0 Å². The fourth-order valence-electron chi connectivity index (χ4n) is 5.40. The molecule has 4 rings (SSSR count). The molecule has 0 aliphatic heterocycles. The number of nitriles is 1. The minimum atomic E-state index is -2.35. The fourth-order valence-corrected chi connectivity index (χ4v) is 7.72. The number of rotatable bonds is 14. The van der Waals surface area contributed by atoms with Crippen LogP contribution in [0.5, 0.6) is 11.5 Å². The molecule has 3 aromatic rings. The maximum absolute atomic E-state index is 12.7. The molecule has 1 aromatic heterocycles. The summed E-state index contributed by atoms with van der Waals surface area (Å²) in [4.78, 5) is 17.7. The van der Waals surface area contributed by atoms with E-state index in [0.29, 0.717) is 54.4 Å². The van der Waals surface area contributed by atoms with Gasteiger partial charge in [0, 0.05) is 6.42 Å². The molecule has 10 heteroatoms. The molecule has 1 saturated carbocycles. The minimum absolute atomic E-state index is 0.0638. The number of benzene rings is 2. The van der Waals surface area contributed by atoms with Crippen molar-refractivity contribution in [3.05, 3.63) is 52.0 Å². The minimum Gasteiger partial charge on any atom is -0.492 e. The number of nitrogens with zero attached hydrogens (tertiary/aromatic N) is 2. The number of ether oxygens (including phenoxy) is 4. The third kappa shape index (κ3) is 8.25. The molecule has 1 heterocycles. The lowest BCUT2D eigenvalue weighted by Crippen LogP contribution is -2.45. The SMILES string of the molecule is CCOC(=O)c1cccc2sc(C[C@H](OC3CCCC3)[C@H](O[Si](C)(C)C(C)(C)C)c3cc(OCC)c(C#N)c(OCC)c3)nc12. The summed E-state index contributed by atoms with van der Waals surface area (Å²) in [5, 5.41) is 10.8. The third-order valence-corrected chi connectivity index (χ3v) is 14.2. The van der Waals surface area contributed by atoms with Gasteiger partial charge in [-0.25, -0.2) is 9.78 Å². The van der Waals surface area contributed by atoms with Crippen LogP contribution in [0.15, 0.2) is 30.3 Å². The monoisotopic (exact) mass is 652 g/mol. The smallest absolute Gasteiger partial charge is 0.340 e. The van der Waals surface area contributed by atoms with E-state index in [4.69, 9.17) is 28.4 Å². The van der Waals surface area contributed by atoms with Crippen molar-refractivity contribution in [2.45, 2.75) is 110 Å². The average molecular weight is 653 g/mol. The van der Waals surface area contributed by atoms with Gasteiger partial charge in [0.15, 0.2) is 8.32 Å². The first-order chi connectivity index (χ1) is 21.4. The van der Waals surface area contributed by atoms with Gasteiger partial charge >= 0.3 is 5.97 Å². The van der Waals surface area contributed by atoms with Gasteiger partial charge in [-0.1, -0.05) is 39.7 Å². The summed E-state index contributed by atoms with van der Waals surface area (Å²) in [6, 6.07) is 11.7. The van der Waals surface area contributed by atoms with Crippen molar-refractivity contribution in [2.24, 2.45) is 0 Å². The Kier molecular flexibility index (Phi) is 11.7. The van der Waals surface area contributed by atoms with Crippen LogP contribution in [0.4, 0.5) is 0 Å². The number of carbonyl (C=O) groups excluding carboxylic acids is 1. The van der Waals surface area contributed by atoms with Crippen LogP contribution in [0, 0.1) is 11.3 Å². The van der Waals surface area contributed by atoms with Crippen LogP contribution in [-0.4, -0.2) is 51.3 Å². The standard InChI is InChI=1S/C35H48N2O6SSi/c1-9-39-27-19-23(20-28(40-10-2)26(27)22-36)33(43-45(7,8)35(4,5)6)29(42-24-15-12-13-16-24)21-31-37-32-25(34(38)41-11-3)17-14-18-30(32)44-31/h14,17-20,24,29,33H,9-13,15-16,21H2,1-8H3/t29-,33+/m0/s1. The van der Waals surface area contributed by atoms with E-state index in [2.05, 4.69) is 39.9 Å². The zero-order chi connectivity index (χ0) is 32.8. The van der Waals surface area contributed by atoms with Crippen molar-refractivity contribution < 1.29 is 28.2 Å². The van der Waals surface area contributed by atoms with E-state index in [0.717, 1.165) is 41.0 Å². The number of para-hydroxylation sites is 1. The molecule has 0 N–H and O–H groups in total. The Morgan fingerprint density at radius 2 is 1.71 bits per heavy atom. The molecule has 2 aromatic carbocycles. The third-order valence-electron chi connectivity index (χ3n) is 8.70. The van der Waals surface area contributed by atoms with Crippen molar-refractivity contribution in [3.8, 4) is 17.6 Å². The van der Waals surface area contributed by atoms with Gasteiger partial charge in [0.2, 0.25) is 0 Å². The Hall–Kier alpha value is -2.97. The molecule has 1 aliphatic rings. The van der Waals surface area contributed by atoms with Crippen LogP contribution < -0.4 is 9.47 Å². The lowest BCUT2D eigenvalue weighted by Gasteiger charge is -2.42. The Morgan fingerprint density at radius 3 is 2.27 bits per heavy atom. The number of thiazole rings is 1. The molecule has 8 nitrogen and oxygen atoms in total. The van der Waals surface area contributed by atoms with E-state index in [1.165, 1.54) is 0 Å². The predicted molar refractivity (Wildman–Crippen MR) is 181 cm³/mol. The average Bonchev–Trinajstić information content (AvgIpc) is 3.65. The second-order valence-electron chi connectivity index (χ2n) is 12.9. The first-order valence-electron chi connectivity index (χ1n) is 16.1. The van der Waals surface area contributed by atoms with Gasteiger partial charge < -0.3 is 23.4 Å². The molecule has 0 spiro atoms. The highest BCUT2D eigenvalue weighted by molar-refractivity contribution is 7.18. The van der Waals surface area contributed by atoms with E-state index in [9.17, 15) is 10.1 Å². The number of esters is 1. The van der Waals surface area contributed by atoms with E-state index in [1.807, 2.05) is 38.1 Å². The molecule has 0 amide bonds. The van der Waals surface area contributed by atoms with Crippen LogP contribution in [0.1, 0.15) is 99.8 Å². The molecule has 1 aliphatic carbocycles. The zero-order valence-corrected chi connectivity index (χ0v) is 29.8. The number of aromatic nitrogens is 1. The molecule has 0 bridgehead atoms. The molecular weight excluding hydrogens is 605 g/mol. The van der Waals surface area contributed by atoms with E-state index < -0.39 is 14.4 Å². The van der Waals surface area contributed by atoms with Crippen molar-refractivity contribution in [1.29, 1.82) is 5.26 Å². The lowest BCUT2D eigenvalue weighted by atomic mass is 9.99. The molecule has 45 heavy (non-hydrogen) atoms. The summed E-state index contributed by atoms with van der Waals surface area (Å²) in [6.07, 6.45) is 4.01. The summed E-state index contributed by atoms with van der Waals surface area (Å²) in [6.45, 7) is 17.9. The number of fused-ring (bicyclic) bond motifs is 1. The summed E-state index contributed by atoms with van der Waals surface area (Å²) >= 11 is 1.56. The Morgan fingerprint density at radius 1 is 1.07 bits per heavy atom. The highest BCUT2D eigenvalue weighted by atomic mass is 32.1. The largest absolute Gasteiger partial charge is 0.492 e. The van der Waals surface area contributed by atoms with Crippen molar-refractivity contribution in [2.75, 3.05) is 19.8 Å². The van der Waals surface area contributed by atoms with Gasteiger partial charge in [-0.15, -0.1) is 11.3 Å². The molecule has 0 radical (unpaired) electrons. The van der Waals surface area contributed by atoms with E-state index in [-0.39, 0.29) is 23.2 Å².